The summed E-state index contributed by atoms with van der Waals surface area (Å²) in [6, 6.07) is 17.3. The molecule has 3 aliphatic rings. The van der Waals surface area contributed by atoms with E-state index in [0.29, 0.717) is 66.9 Å². The largest absolute Gasteiger partial charge is 0.461 e. The van der Waals surface area contributed by atoms with Crippen LogP contribution in [0, 0.1) is 29.5 Å². The first-order valence-electron chi connectivity index (χ1n) is 14.9. The summed E-state index contributed by atoms with van der Waals surface area (Å²) in [6.45, 7) is 3.34. The van der Waals surface area contributed by atoms with E-state index in [-0.39, 0.29) is 29.7 Å². The number of terminal acetylenes is 1. The molecule has 3 saturated heterocycles. The summed E-state index contributed by atoms with van der Waals surface area (Å²) in [7, 11) is 0. The topological polar surface area (TPSA) is 77.3 Å². The number of hydrogen-bond acceptors (Lipinski definition) is 7. The summed E-state index contributed by atoms with van der Waals surface area (Å²) in [4.78, 5) is 13.7. The highest BCUT2D eigenvalue weighted by Gasteiger charge is 2.49. The lowest BCUT2D eigenvalue weighted by Crippen LogP contribution is -2.51. The normalized spacial score (nSPS) is 23.8. The lowest BCUT2D eigenvalue weighted by molar-refractivity contribution is 0.107. The van der Waals surface area contributed by atoms with E-state index in [0.717, 1.165) is 30.2 Å². The van der Waals surface area contributed by atoms with Crippen molar-refractivity contribution in [3.63, 3.8) is 0 Å². The van der Waals surface area contributed by atoms with Crippen LogP contribution in [0.2, 0.25) is 0 Å². The van der Waals surface area contributed by atoms with Crippen molar-refractivity contribution in [1.29, 1.82) is 5.26 Å². The molecule has 4 aromatic rings. The van der Waals surface area contributed by atoms with Gasteiger partial charge in [0.25, 0.3) is 0 Å². The molecule has 0 unspecified atom stereocenters. The van der Waals surface area contributed by atoms with Crippen molar-refractivity contribution in [2.45, 2.75) is 43.4 Å². The predicted octanol–water partition coefficient (Wildman–Crippen LogP) is 5.22. The monoisotopic (exact) mass is 578 g/mol. The quantitative estimate of drug-likeness (QED) is 0.315. The summed E-state index contributed by atoms with van der Waals surface area (Å²) in [5, 5.41) is 15.0. The Morgan fingerprint density at radius 2 is 1.95 bits per heavy atom. The highest BCUT2D eigenvalue weighted by Crippen LogP contribution is 2.41. The SMILES string of the molecule is C#Cc1cccc2cccc(-c3ccc4c(N5CCN[C@@H](CC#N)C5)nc(OC[C@@]56CCCN5C[C@H](F)C6)nc4c3F)c12. The molecule has 0 saturated carbocycles. The minimum atomic E-state index is -0.886. The smallest absolute Gasteiger partial charge is 0.319 e. The second kappa shape index (κ2) is 11.1. The standard InChI is InChI=1S/C34H32F2N6O/c1-2-22-6-3-7-23-8-4-9-26(29(22)23)27-10-11-28-31(30(27)36)39-33(40-32(28)41-17-15-38-25(20-41)12-14-37)43-21-34-13-5-16-42(34)19-24(35)18-34/h1,3-4,6-11,24-25,38H,5,12-13,15-21H2/t24-,25+,34+/m1/s1. The zero-order valence-electron chi connectivity index (χ0n) is 23.8. The minimum absolute atomic E-state index is 0.0407. The van der Waals surface area contributed by atoms with Gasteiger partial charge in [-0.15, -0.1) is 6.42 Å². The van der Waals surface area contributed by atoms with Gasteiger partial charge in [0.2, 0.25) is 0 Å². The summed E-state index contributed by atoms with van der Waals surface area (Å²) >= 11 is 0. The maximum Gasteiger partial charge on any atom is 0.319 e. The van der Waals surface area contributed by atoms with Crippen molar-refractivity contribution in [3.8, 4) is 35.6 Å². The number of benzene rings is 3. The van der Waals surface area contributed by atoms with Crippen molar-refractivity contribution >= 4 is 27.5 Å². The molecule has 43 heavy (non-hydrogen) atoms. The van der Waals surface area contributed by atoms with E-state index >= 15 is 4.39 Å². The molecule has 9 heteroatoms. The van der Waals surface area contributed by atoms with Crippen molar-refractivity contribution in [2.24, 2.45) is 0 Å². The number of rotatable bonds is 6. The fourth-order valence-electron chi connectivity index (χ4n) is 7.24. The van der Waals surface area contributed by atoms with Crippen molar-refractivity contribution in [3.05, 3.63) is 59.9 Å². The van der Waals surface area contributed by atoms with Crippen LogP contribution in [0.4, 0.5) is 14.6 Å². The summed E-state index contributed by atoms with van der Waals surface area (Å²) in [6.07, 6.45) is 7.55. The van der Waals surface area contributed by atoms with Gasteiger partial charge in [-0.3, -0.25) is 4.90 Å². The van der Waals surface area contributed by atoms with Crippen LogP contribution >= 0.6 is 0 Å². The van der Waals surface area contributed by atoms with Crippen LogP contribution in [0.25, 0.3) is 32.8 Å². The van der Waals surface area contributed by atoms with E-state index in [4.69, 9.17) is 16.1 Å². The van der Waals surface area contributed by atoms with Crippen molar-refractivity contribution in [1.82, 2.24) is 20.2 Å². The molecule has 3 fully saturated rings. The Labute approximate surface area is 249 Å². The number of ether oxygens (including phenoxy) is 1. The number of hydrogen-bond donors (Lipinski definition) is 1. The number of aromatic nitrogens is 2. The molecule has 0 bridgehead atoms. The fraction of sp³-hybridized carbons (Fsp3) is 0.382. The van der Waals surface area contributed by atoms with Crippen LogP contribution in [0.5, 0.6) is 6.01 Å². The van der Waals surface area contributed by atoms with E-state index < -0.39 is 12.0 Å². The Balaban J connectivity index is 1.35. The second-order valence-corrected chi connectivity index (χ2v) is 11.8. The Morgan fingerprint density at radius 1 is 1.09 bits per heavy atom. The molecule has 3 aliphatic heterocycles. The molecule has 0 spiro atoms. The number of anilines is 1. The second-order valence-electron chi connectivity index (χ2n) is 11.8. The molecule has 1 aromatic heterocycles. The molecule has 7 rings (SSSR count). The molecule has 4 heterocycles. The van der Waals surface area contributed by atoms with Gasteiger partial charge in [0, 0.05) is 60.5 Å². The van der Waals surface area contributed by atoms with Gasteiger partial charge in [0.1, 0.15) is 24.1 Å². The van der Waals surface area contributed by atoms with Crippen molar-refractivity contribution < 1.29 is 13.5 Å². The number of alkyl halides is 1. The van der Waals surface area contributed by atoms with E-state index in [1.54, 1.807) is 6.07 Å². The molecular weight excluding hydrogens is 546 g/mol. The van der Waals surface area contributed by atoms with Gasteiger partial charge in [0.15, 0.2) is 5.82 Å². The van der Waals surface area contributed by atoms with Crippen molar-refractivity contribution in [2.75, 3.05) is 44.2 Å². The van der Waals surface area contributed by atoms with Crippen LogP contribution in [-0.4, -0.2) is 72.0 Å². The number of nitriles is 1. The summed E-state index contributed by atoms with van der Waals surface area (Å²) in [5.41, 5.74) is 1.52. The van der Waals surface area contributed by atoms with Gasteiger partial charge in [-0.1, -0.05) is 42.3 Å². The van der Waals surface area contributed by atoms with E-state index in [2.05, 4.69) is 32.1 Å². The number of piperazine rings is 1. The van der Waals surface area contributed by atoms with E-state index in [1.807, 2.05) is 42.5 Å². The predicted molar refractivity (Wildman–Crippen MR) is 163 cm³/mol. The Kier molecular flexibility index (Phi) is 7.09. The third kappa shape index (κ3) is 4.83. The first-order valence-corrected chi connectivity index (χ1v) is 14.9. The molecular formula is C34H32F2N6O. The van der Waals surface area contributed by atoms with Gasteiger partial charge >= 0.3 is 6.01 Å². The van der Waals surface area contributed by atoms with Crippen LogP contribution < -0.4 is 15.0 Å². The number of nitrogens with one attached hydrogen (secondary N) is 1. The molecule has 218 valence electrons. The van der Waals surface area contributed by atoms with E-state index in [9.17, 15) is 9.65 Å². The number of nitrogens with zero attached hydrogens (tertiary/aromatic N) is 5. The van der Waals surface area contributed by atoms with Gasteiger partial charge in [0.05, 0.1) is 18.0 Å². The Morgan fingerprint density at radius 3 is 2.79 bits per heavy atom. The number of halogens is 2. The Bertz CT molecular complexity index is 1790. The maximum absolute atomic E-state index is 16.7. The van der Waals surface area contributed by atoms with Gasteiger partial charge in [-0.25, -0.2) is 8.78 Å². The highest BCUT2D eigenvalue weighted by molar-refractivity contribution is 6.03. The zero-order valence-corrected chi connectivity index (χ0v) is 23.8. The van der Waals surface area contributed by atoms with Crippen LogP contribution in [0.3, 0.4) is 0 Å². The van der Waals surface area contributed by atoms with Gasteiger partial charge < -0.3 is 15.0 Å². The third-order valence-corrected chi connectivity index (χ3v) is 9.24. The molecule has 0 aliphatic carbocycles. The van der Waals surface area contributed by atoms with Crippen LogP contribution in [-0.2, 0) is 0 Å². The summed E-state index contributed by atoms with van der Waals surface area (Å²) in [5.74, 6) is 2.82. The lowest BCUT2D eigenvalue weighted by atomic mass is 9.94. The Hall–Kier alpha value is -4.31. The fourth-order valence-corrected chi connectivity index (χ4v) is 7.24. The number of fused-ring (bicyclic) bond motifs is 3. The molecule has 3 atom stereocenters. The highest BCUT2D eigenvalue weighted by atomic mass is 19.1. The first kappa shape index (κ1) is 27.5. The zero-order chi connectivity index (χ0) is 29.6. The molecule has 0 amide bonds. The van der Waals surface area contributed by atoms with Gasteiger partial charge in [-0.05, 0) is 42.5 Å². The summed E-state index contributed by atoms with van der Waals surface area (Å²) < 4.78 is 37.4. The maximum atomic E-state index is 16.7. The molecule has 1 N–H and O–H groups in total. The minimum Gasteiger partial charge on any atom is -0.461 e. The lowest BCUT2D eigenvalue weighted by Gasteiger charge is -2.34. The third-order valence-electron chi connectivity index (χ3n) is 9.24. The first-order chi connectivity index (χ1) is 21.0. The average Bonchev–Trinajstić information content (AvgIpc) is 3.55. The molecule has 7 nitrogen and oxygen atoms in total. The molecule has 0 radical (unpaired) electrons. The van der Waals surface area contributed by atoms with Crippen LogP contribution in [0.1, 0.15) is 31.2 Å². The molecule has 3 aromatic carbocycles. The average molecular weight is 579 g/mol. The van der Waals surface area contributed by atoms with Crippen LogP contribution in [0.15, 0.2) is 48.5 Å². The van der Waals surface area contributed by atoms with Gasteiger partial charge in [-0.2, -0.15) is 15.2 Å². The van der Waals surface area contributed by atoms with E-state index in [1.165, 1.54) is 0 Å².